The smallest absolute Gasteiger partial charge is 0.387 e. The van der Waals surface area contributed by atoms with Crippen molar-refractivity contribution in [3.8, 4) is 5.75 Å². The van der Waals surface area contributed by atoms with Gasteiger partial charge in [0.25, 0.3) is 5.91 Å². The Labute approximate surface area is 131 Å². The number of nitrogens with one attached hydrogen (secondary N) is 2. The van der Waals surface area contributed by atoms with Gasteiger partial charge in [0, 0.05) is 18.8 Å². The molecule has 1 unspecified atom stereocenters. The van der Waals surface area contributed by atoms with Crippen LogP contribution >= 0.6 is 24.0 Å². The Bertz CT molecular complexity index is 486. The molecule has 9 heteroatoms. The van der Waals surface area contributed by atoms with Gasteiger partial charge < -0.3 is 20.1 Å². The summed E-state index contributed by atoms with van der Waals surface area (Å²) in [5, 5.41) is 5.62. The maximum Gasteiger partial charge on any atom is 0.387 e. The number of benzene rings is 1. The number of amides is 1. The minimum atomic E-state index is -2.95. The molecule has 1 aliphatic rings. The topological polar surface area (TPSA) is 59.6 Å². The monoisotopic (exact) mass is 342 g/mol. The summed E-state index contributed by atoms with van der Waals surface area (Å²) in [6.07, 6.45) is -0.584. The zero-order valence-corrected chi connectivity index (χ0v) is 12.3. The van der Waals surface area contributed by atoms with E-state index in [2.05, 4.69) is 15.4 Å². The van der Waals surface area contributed by atoms with Gasteiger partial charge in [-0.3, -0.25) is 4.79 Å². The van der Waals surface area contributed by atoms with E-state index in [1.807, 2.05) is 0 Å². The van der Waals surface area contributed by atoms with Crippen LogP contribution in [0, 0.1) is 0 Å². The van der Waals surface area contributed by atoms with Crippen LogP contribution in [0.1, 0.15) is 0 Å². The molecule has 0 saturated carbocycles. The van der Waals surface area contributed by atoms with E-state index in [0.29, 0.717) is 25.4 Å². The second kappa shape index (κ2) is 8.33. The van der Waals surface area contributed by atoms with Crippen LogP contribution in [0.25, 0.3) is 0 Å². The van der Waals surface area contributed by atoms with Crippen molar-refractivity contribution in [3.63, 3.8) is 0 Å². The molecule has 1 aromatic rings. The molecule has 0 aromatic heterocycles. The Balaban J connectivity index is 0.00000220. The summed E-state index contributed by atoms with van der Waals surface area (Å²) in [5.41, 5.74) is 0.385. The summed E-state index contributed by atoms with van der Waals surface area (Å²) in [6.45, 7) is -1.36. The maximum absolute atomic E-state index is 12.1. The SMILES string of the molecule is Cl.O=C(Nc1ccc(OC(F)F)c(Cl)c1)C1CNCCO1. The molecule has 0 radical (unpaired) electrons. The van der Waals surface area contributed by atoms with Gasteiger partial charge in [-0.15, -0.1) is 12.4 Å². The average molecular weight is 343 g/mol. The third-order valence-corrected chi connectivity index (χ3v) is 2.93. The van der Waals surface area contributed by atoms with Crippen molar-refractivity contribution in [3.05, 3.63) is 23.2 Å². The van der Waals surface area contributed by atoms with E-state index in [1.54, 1.807) is 0 Å². The second-order valence-corrected chi connectivity index (χ2v) is 4.48. The first-order chi connectivity index (χ1) is 9.56. The van der Waals surface area contributed by atoms with Crippen molar-refractivity contribution in [2.24, 2.45) is 0 Å². The Morgan fingerprint density at radius 2 is 2.29 bits per heavy atom. The molecule has 0 bridgehead atoms. The largest absolute Gasteiger partial charge is 0.433 e. The second-order valence-electron chi connectivity index (χ2n) is 4.08. The first kappa shape index (κ1) is 17.9. The lowest BCUT2D eigenvalue weighted by Crippen LogP contribution is -2.45. The number of anilines is 1. The van der Waals surface area contributed by atoms with Crippen LogP contribution in [-0.2, 0) is 9.53 Å². The molecule has 1 aromatic carbocycles. The van der Waals surface area contributed by atoms with Crippen LogP contribution in [0.15, 0.2) is 18.2 Å². The number of halogens is 4. The highest BCUT2D eigenvalue weighted by Gasteiger charge is 2.22. The van der Waals surface area contributed by atoms with Crippen molar-refractivity contribution >= 4 is 35.6 Å². The lowest BCUT2D eigenvalue weighted by molar-refractivity contribution is -0.128. The van der Waals surface area contributed by atoms with Gasteiger partial charge in [-0.05, 0) is 18.2 Å². The van der Waals surface area contributed by atoms with Crippen molar-refractivity contribution in [1.82, 2.24) is 5.32 Å². The van der Waals surface area contributed by atoms with Crippen LogP contribution in [0.2, 0.25) is 5.02 Å². The zero-order valence-electron chi connectivity index (χ0n) is 10.8. The number of alkyl halides is 2. The van der Waals surface area contributed by atoms with Crippen molar-refractivity contribution in [2.75, 3.05) is 25.0 Å². The Hall–Kier alpha value is -1.15. The molecule has 1 amide bonds. The van der Waals surface area contributed by atoms with Crippen LogP contribution in [-0.4, -0.2) is 38.3 Å². The van der Waals surface area contributed by atoms with E-state index in [4.69, 9.17) is 16.3 Å². The summed E-state index contributed by atoms with van der Waals surface area (Å²) >= 11 is 5.79. The molecule has 118 valence electrons. The van der Waals surface area contributed by atoms with E-state index < -0.39 is 12.7 Å². The van der Waals surface area contributed by atoms with Gasteiger partial charge in [0.1, 0.15) is 11.9 Å². The molecule has 0 spiro atoms. The Morgan fingerprint density at radius 3 is 2.86 bits per heavy atom. The maximum atomic E-state index is 12.1. The Morgan fingerprint density at radius 1 is 1.52 bits per heavy atom. The molecule has 1 heterocycles. The molecule has 2 rings (SSSR count). The van der Waals surface area contributed by atoms with Gasteiger partial charge >= 0.3 is 6.61 Å². The average Bonchev–Trinajstić information content (AvgIpc) is 2.42. The molecule has 5 nitrogen and oxygen atoms in total. The predicted octanol–water partition coefficient (Wildman–Crippen LogP) is 2.29. The van der Waals surface area contributed by atoms with Crippen LogP contribution in [0.4, 0.5) is 14.5 Å². The molecule has 1 fully saturated rings. The van der Waals surface area contributed by atoms with E-state index in [9.17, 15) is 13.6 Å². The zero-order chi connectivity index (χ0) is 14.5. The molecule has 1 aliphatic heterocycles. The van der Waals surface area contributed by atoms with Gasteiger partial charge in [0.2, 0.25) is 0 Å². The summed E-state index contributed by atoms with van der Waals surface area (Å²) in [7, 11) is 0. The van der Waals surface area contributed by atoms with E-state index in [1.165, 1.54) is 18.2 Å². The first-order valence-corrected chi connectivity index (χ1v) is 6.31. The lowest BCUT2D eigenvalue weighted by atomic mass is 10.2. The van der Waals surface area contributed by atoms with Gasteiger partial charge in [-0.25, -0.2) is 0 Å². The predicted molar refractivity (Wildman–Crippen MR) is 76.6 cm³/mol. The normalized spacial score (nSPS) is 18.0. The fourth-order valence-corrected chi connectivity index (χ4v) is 1.95. The summed E-state index contributed by atoms with van der Waals surface area (Å²) < 4.78 is 33.7. The third kappa shape index (κ3) is 5.28. The first-order valence-electron chi connectivity index (χ1n) is 5.94. The van der Waals surface area contributed by atoms with Crippen LogP contribution in [0.5, 0.6) is 5.75 Å². The number of carbonyl (C=O) groups excluding carboxylic acids is 1. The summed E-state index contributed by atoms with van der Waals surface area (Å²) in [5.74, 6) is -0.467. The van der Waals surface area contributed by atoms with E-state index >= 15 is 0 Å². The van der Waals surface area contributed by atoms with Gasteiger partial charge in [0.15, 0.2) is 0 Å². The molecular weight excluding hydrogens is 329 g/mol. The number of hydrogen-bond donors (Lipinski definition) is 2. The van der Waals surface area contributed by atoms with Crippen LogP contribution < -0.4 is 15.4 Å². The molecule has 21 heavy (non-hydrogen) atoms. The van der Waals surface area contributed by atoms with Gasteiger partial charge in [-0.2, -0.15) is 8.78 Å². The fourth-order valence-electron chi connectivity index (χ4n) is 1.73. The van der Waals surface area contributed by atoms with Crippen molar-refractivity contribution in [2.45, 2.75) is 12.7 Å². The highest BCUT2D eigenvalue weighted by molar-refractivity contribution is 6.32. The third-order valence-electron chi connectivity index (χ3n) is 2.64. The number of hydrogen-bond acceptors (Lipinski definition) is 4. The molecule has 0 aliphatic carbocycles. The summed E-state index contributed by atoms with van der Waals surface area (Å²) in [4.78, 5) is 11.9. The molecule has 1 saturated heterocycles. The van der Waals surface area contributed by atoms with E-state index in [-0.39, 0.29) is 29.1 Å². The minimum Gasteiger partial charge on any atom is -0.433 e. The van der Waals surface area contributed by atoms with E-state index in [0.717, 1.165) is 0 Å². The Kier molecular flexibility index (Phi) is 7.10. The van der Waals surface area contributed by atoms with Crippen LogP contribution in [0.3, 0.4) is 0 Å². The van der Waals surface area contributed by atoms with Crippen molar-refractivity contribution < 1.29 is 23.0 Å². The lowest BCUT2D eigenvalue weighted by Gasteiger charge is -2.22. The quantitative estimate of drug-likeness (QED) is 0.881. The number of ether oxygens (including phenoxy) is 2. The van der Waals surface area contributed by atoms with Crippen molar-refractivity contribution in [1.29, 1.82) is 0 Å². The standard InChI is InChI=1S/C12H13ClF2N2O3.ClH/c13-8-5-7(1-2-9(8)20-12(14)15)17-11(18)10-6-16-3-4-19-10;/h1-2,5,10,12,16H,3-4,6H2,(H,17,18);1H. The summed E-state index contributed by atoms with van der Waals surface area (Å²) in [6, 6.07) is 4.04. The van der Waals surface area contributed by atoms with Gasteiger partial charge in [0.05, 0.1) is 11.6 Å². The highest BCUT2D eigenvalue weighted by atomic mass is 35.5. The minimum absolute atomic E-state index is 0. The number of rotatable bonds is 4. The highest BCUT2D eigenvalue weighted by Crippen LogP contribution is 2.29. The molecular formula is C12H14Cl2F2N2O3. The number of carbonyl (C=O) groups is 1. The fraction of sp³-hybridized carbons (Fsp3) is 0.417. The number of morpholine rings is 1. The van der Waals surface area contributed by atoms with Gasteiger partial charge in [-0.1, -0.05) is 11.6 Å². The molecule has 1 atom stereocenters. The molecule has 2 N–H and O–H groups in total.